The zero-order valence-electron chi connectivity index (χ0n) is 12.4. The normalized spacial score (nSPS) is 13.8. The Bertz CT molecular complexity index is 405. The molecule has 0 saturated heterocycles. The molecule has 2 atom stereocenters. The van der Waals surface area contributed by atoms with Crippen molar-refractivity contribution in [1.82, 2.24) is 5.32 Å². The van der Waals surface area contributed by atoms with Crippen molar-refractivity contribution in [3.05, 3.63) is 35.6 Å². The molecule has 1 aromatic carbocycles. The van der Waals surface area contributed by atoms with E-state index in [4.69, 9.17) is 5.73 Å². The van der Waals surface area contributed by atoms with Gasteiger partial charge in [0.15, 0.2) is 0 Å². The van der Waals surface area contributed by atoms with Crippen molar-refractivity contribution in [3.63, 3.8) is 0 Å². The van der Waals surface area contributed by atoms with Gasteiger partial charge in [-0.05, 0) is 49.9 Å². The fourth-order valence-electron chi connectivity index (χ4n) is 2.27. The Hall–Kier alpha value is -1.42. The topological polar surface area (TPSA) is 55.1 Å². The van der Waals surface area contributed by atoms with Gasteiger partial charge >= 0.3 is 0 Å². The molecule has 0 aliphatic heterocycles. The van der Waals surface area contributed by atoms with Crippen molar-refractivity contribution in [1.29, 1.82) is 0 Å². The van der Waals surface area contributed by atoms with E-state index in [0.717, 1.165) is 24.8 Å². The standard InChI is InChI=1S/C16H25FN2O/c1-3-13(10-11-18)4-9-16(20)19-12(2)14-5-7-15(17)8-6-14/h5-8,12-13H,3-4,9-11,18H2,1-2H3,(H,19,20)/t12-,13?/m1/s1. The highest BCUT2D eigenvalue weighted by atomic mass is 19.1. The van der Waals surface area contributed by atoms with Crippen LogP contribution < -0.4 is 11.1 Å². The maximum atomic E-state index is 12.8. The maximum absolute atomic E-state index is 12.8. The fourth-order valence-corrected chi connectivity index (χ4v) is 2.27. The molecule has 3 nitrogen and oxygen atoms in total. The highest BCUT2D eigenvalue weighted by molar-refractivity contribution is 5.76. The highest BCUT2D eigenvalue weighted by Gasteiger charge is 2.12. The van der Waals surface area contributed by atoms with Gasteiger partial charge in [-0.1, -0.05) is 25.5 Å². The average Bonchev–Trinajstić information content (AvgIpc) is 2.44. The summed E-state index contributed by atoms with van der Waals surface area (Å²) in [6.07, 6.45) is 3.41. The van der Waals surface area contributed by atoms with Gasteiger partial charge in [-0.25, -0.2) is 4.39 Å². The first-order valence-electron chi connectivity index (χ1n) is 7.31. The number of rotatable bonds is 8. The largest absolute Gasteiger partial charge is 0.350 e. The Morgan fingerprint density at radius 2 is 1.95 bits per heavy atom. The third-order valence-corrected chi connectivity index (χ3v) is 3.68. The molecule has 1 aromatic rings. The number of amides is 1. The van der Waals surface area contributed by atoms with Crippen molar-refractivity contribution in [2.45, 2.75) is 45.6 Å². The molecule has 1 amide bonds. The van der Waals surface area contributed by atoms with E-state index in [2.05, 4.69) is 12.2 Å². The number of hydrogen-bond donors (Lipinski definition) is 2. The SMILES string of the molecule is CCC(CCN)CCC(=O)N[C@H](C)c1ccc(F)cc1. The van der Waals surface area contributed by atoms with Crippen molar-refractivity contribution in [2.75, 3.05) is 6.54 Å². The van der Waals surface area contributed by atoms with Gasteiger partial charge in [0.05, 0.1) is 6.04 Å². The Morgan fingerprint density at radius 3 is 2.50 bits per heavy atom. The second-order valence-corrected chi connectivity index (χ2v) is 5.23. The van der Waals surface area contributed by atoms with Gasteiger partial charge in [-0.3, -0.25) is 4.79 Å². The molecule has 0 heterocycles. The summed E-state index contributed by atoms with van der Waals surface area (Å²) in [5.74, 6) is 0.295. The zero-order chi connectivity index (χ0) is 15.0. The van der Waals surface area contributed by atoms with E-state index in [-0.39, 0.29) is 17.8 Å². The summed E-state index contributed by atoms with van der Waals surface area (Å²) in [6, 6.07) is 6.11. The summed E-state index contributed by atoms with van der Waals surface area (Å²) in [6.45, 7) is 4.70. The van der Waals surface area contributed by atoms with E-state index in [1.54, 1.807) is 12.1 Å². The van der Waals surface area contributed by atoms with E-state index < -0.39 is 0 Å². The number of halogens is 1. The quantitative estimate of drug-likeness (QED) is 0.768. The van der Waals surface area contributed by atoms with Crippen molar-refractivity contribution >= 4 is 5.91 Å². The Balaban J connectivity index is 2.39. The van der Waals surface area contributed by atoms with E-state index in [1.165, 1.54) is 12.1 Å². The number of nitrogens with one attached hydrogen (secondary N) is 1. The zero-order valence-corrected chi connectivity index (χ0v) is 12.4. The Kier molecular flexibility index (Phi) is 7.23. The third-order valence-electron chi connectivity index (χ3n) is 3.68. The van der Waals surface area contributed by atoms with E-state index in [0.29, 0.717) is 18.9 Å². The molecule has 1 rings (SSSR count). The third kappa shape index (κ3) is 5.70. The first-order chi connectivity index (χ1) is 9.56. The maximum Gasteiger partial charge on any atom is 0.220 e. The van der Waals surface area contributed by atoms with Crippen LogP contribution in [0.25, 0.3) is 0 Å². The van der Waals surface area contributed by atoms with E-state index in [1.807, 2.05) is 6.92 Å². The summed E-state index contributed by atoms with van der Waals surface area (Å²) in [4.78, 5) is 11.9. The van der Waals surface area contributed by atoms with Gasteiger partial charge in [-0.15, -0.1) is 0 Å². The smallest absolute Gasteiger partial charge is 0.220 e. The summed E-state index contributed by atoms with van der Waals surface area (Å²) < 4.78 is 12.8. The minimum Gasteiger partial charge on any atom is -0.350 e. The van der Waals surface area contributed by atoms with Crippen molar-refractivity contribution in [3.8, 4) is 0 Å². The highest BCUT2D eigenvalue weighted by Crippen LogP contribution is 2.16. The molecular weight excluding hydrogens is 255 g/mol. The van der Waals surface area contributed by atoms with Gasteiger partial charge in [0.2, 0.25) is 5.91 Å². The predicted octanol–water partition coefficient (Wildman–Crippen LogP) is 3.16. The molecule has 3 N–H and O–H groups in total. The monoisotopic (exact) mass is 280 g/mol. The second kappa shape index (κ2) is 8.69. The number of hydrogen-bond acceptors (Lipinski definition) is 2. The van der Waals surface area contributed by atoms with Gasteiger partial charge in [-0.2, -0.15) is 0 Å². The van der Waals surface area contributed by atoms with Crippen LogP contribution >= 0.6 is 0 Å². The van der Waals surface area contributed by atoms with Gasteiger partial charge in [0.25, 0.3) is 0 Å². The lowest BCUT2D eigenvalue weighted by Crippen LogP contribution is -2.27. The van der Waals surface area contributed by atoms with Crippen LogP contribution in [0.4, 0.5) is 4.39 Å². The molecule has 0 radical (unpaired) electrons. The summed E-state index contributed by atoms with van der Waals surface area (Å²) in [5.41, 5.74) is 6.46. The summed E-state index contributed by atoms with van der Waals surface area (Å²) in [7, 11) is 0. The minimum atomic E-state index is -0.264. The lowest BCUT2D eigenvalue weighted by Gasteiger charge is -2.16. The summed E-state index contributed by atoms with van der Waals surface area (Å²) >= 11 is 0. The van der Waals surface area contributed by atoms with Crippen LogP contribution in [0.2, 0.25) is 0 Å². The van der Waals surface area contributed by atoms with Crippen LogP contribution in [0, 0.1) is 11.7 Å². The lowest BCUT2D eigenvalue weighted by atomic mass is 9.96. The van der Waals surface area contributed by atoms with Crippen molar-refractivity contribution in [2.24, 2.45) is 11.7 Å². The van der Waals surface area contributed by atoms with Gasteiger partial charge in [0.1, 0.15) is 5.82 Å². The summed E-state index contributed by atoms with van der Waals surface area (Å²) in [5, 5.41) is 2.94. The van der Waals surface area contributed by atoms with Crippen LogP contribution in [0.5, 0.6) is 0 Å². The lowest BCUT2D eigenvalue weighted by molar-refractivity contribution is -0.122. The molecule has 0 aromatic heterocycles. The number of carbonyl (C=O) groups excluding carboxylic acids is 1. The molecule has 0 fully saturated rings. The minimum absolute atomic E-state index is 0.0392. The molecular formula is C16H25FN2O. The number of nitrogens with two attached hydrogens (primary N) is 1. The van der Waals surface area contributed by atoms with Crippen LogP contribution in [0.15, 0.2) is 24.3 Å². The second-order valence-electron chi connectivity index (χ2n) is 5.23. The predicted molar refractivity (Wildman–Crippen MR) is 79.6 cm³/mol. The number of benzene rings is 1. The molecule has 4 heteroatoms. The van der Waals surface area contributed by atoms with Crippen LogP contribution in [-0.4, -0.2) is 12.5 Å². The molecule has 0 aliphatic carbocycles. The molecule has 112 valence electrons. The first-order valence-corrected chi connectivity index (χ1v) is 7.31. The van der Waals surface area contributed by atoms with Crippen LogP contribution in [0.3, 0.4) is 0 Å². The molecule has 20 heavy (non-hydrogen) atoms. The average molecular weight is 280 g/mol. The van der Waals surface area contributed by atoms with Gasteiger partial charge in [0, 0.05) is 6.42 Å². The molecule has 0 saturated carbocycles. The van der Waals surface area contributed by atoms with Crippen LogP contribution in [-0.2, 0) is 4.79 Å². The van der Waals surface area contributed by atoms with Crippen LogP contribution in [0.1, 0.15) is 51.1 Å². The Morgan fingerprint density at radius 1 is 1.30 bits per heavy atom. The molecule has 1 unspecified atom stereocenters. The molecule has 0 aliphatic rings. The van der Waals surface area contributed by atoms with Crippen molar-refractivity contribution < 1.29 is 9.18 Å². The number of carbonyl (C=O) groups is 1. The molecule has 0 bridgehead atoms. The fraction of sp³-hybridized carbons (Fsp3) is 0.562. The van der Waals surface area contributed by atoms with Gasteiger partial charge < -0.3 is 11.1 Å². The Labute approximate surface area is 120 Å². The van der Waals surface area contributed by atoms with E-state index in [9.17, 15) is 9.18 Å². The van der Waals surface area contributed by atoms with E-state index >= 15 is 0 Å². The first kappa shape index (κ1) is 16.6. The molecule has 0 spiro atoms.